The van der Waals surface area contributed by atoms with Gasteiger partial charge in [0, 0.05) is 10.1 Å². The molecule has 4 aromatic rings. The standard InChI is InChI=1S/C29H23F3O3S/c1-18-13-23(11-12-26(18)35-17-28(33)34)36-27(14-19-5-3-2-4-6-19)21-9-7-20(8-10-21)22-15-24(30)29(32)25(31)16-22/h2-13,15-16,27H,14,17H2,1H3,(H,33,34). The minimum atomic E-state index is -1.48. The topological polar surface area (TPSA) is 46.5 Å². The molecule has 3 nitrogen and oxygen atoms in total. The monoisotopic (exact) mass is 508 g/mol. The summed E-state index contributed by atoms with van der Waals surface area (Å²) in [6.45, 7) is 1.46. The van der Waals surface area contributed by atoms with Gasteiger partial charge in [0.15, 0.2) is 24.1 Å². The van der Waals surface area contributed by atoms with Gasteiger partial charge in [-0.2, -0.15) is 0 Å². The average Bonchev–Trinajstić information content (AvgIpc) is 2.87. The number of hydrogen-bond acceptors (Lipinski definition) is 3. The van der Waals surface area contributed by atoms with Gasteiger partial charge in [0.1, 0.15) is 5.75 Å². The number of halogens is 3. The van der Waals surface area contributed by atoms with Crippen molar-refractivity contribution in [1.29, 1.82) is 0 Å². The van der Waals surface area contributed by atoms with E-state index in [9.17, 15) is 18.0 Å². The zero-order chi connectivity index (χ0) is 25.7. The van der Waals surface area contributed by atoms with Crippen molar-refractivity contribution in [1.82, 2.24) is 0 Å². The molecule has 36 heavy (non-hydrogen) atoms. The summed E-state index contributed by atoms with van der Waals surface area (Å²) >= 11 is 1.65. The average molecular weight is 509 g/mol. The van der Waals surface area contributed by atoms with Crippen molar-refractivity contribution in [2.24, 2.45) is 0 Å². The van der Waals surface area contributed by atoms with Gasteiger partial charge in [-0.05, 0) is 71.5 Å². The number of aryl methyl sites for hydroxylation is 1. The van der Waals surface area contributed by atoms with E-state index in [0.29, 0.717) is 11.3 Å². The first-order valence-electron chi connectivity index (χ1n) is 11.2. The van der Waals surface area contributed by atoms with Crippen LogP contribution in [0.3, 0.4) is 0 Å². The van der Waals surface area contributed by atoms with Crippen LogP contribution in [0.15, 0.2) is 89.8 Å². The van der Waals surface area contributed by atoms with E-state index >= 15 is 0 Å². The molecule has 4 aromatic carbocycles. The Bertz CT molecular complexity index is 1340. The minimum absolute atomic E-state index is 0.0216. The van der Waals surface area contributed by atoms with Crippen LogP contribution in [0, 0.1) is 24.4 Å². The third kappa shape index (κ3) is 6.29. The van der Waals surface area contributed by atoms with Crippen LogP contribution in [0.2, 0.25) is 0 Å². The molecule has 0 saturated carbocycles. The predicted octanol–water partition coefficient (Wildman–Crippen LogP) is 7.62. The van der Waals surface area contributed by atoms with Gasteiger partial charge in [-0.15, -0.1) is 11.8 Å². The Balaban J connectivity index is 1.60. The van der Waals surface area contributed by atoms with Gasteiger partial charge in [-0.25, -0.2) is 18.0 Å². The highest BCUT2D eigenvalue weighted by Gasteiger charge is 2.17. The van der Waals surface area contributed by atoms with E-state index in [-0.39, 0.29) is 10.8 Å². The van der Waals surface area contributed by atoms with Crippen molar-refractivity contribution >= 4 is 17.7 Å². The van der Waals surface area contributed by atoms with Gasteiger partial charge in [-0.1, -0.05) is 54.6 Å². The van der Waals surface area contributed by atoms with Crippen LogP contribution in [0.1, 0.15) is 21.9 Å². The molecule has 0 saturated heterocycles. The first kappa shape index (κ1) is 25.4. The van der Waals surface area contributed by atoms with Crippen molar-refractivity contribution in [2.45, 2.75) is 23.5 Å². The molecule has 1 atom stereocenters. The summed E-state index contributed by atoms with van der Waals surface area (Å²) < 4.78 is 46.1. The van der Waals surface area contributed by atoms with Crippen molar-refractivity contribution in [3.63, 3.8) is 0 Å². The van der Waals surface area contributed by atoms with Crippen LogP contribution in [0.5, 0.6) is 5.75 Å². The maximum atomic E-state index is 13.7. The predicted molar refractivity (Wildman–Crippen MR) is 135 cm³/mol. The molecule has 4 rings (SSSR count). The van der Waals surface area contributed by atoms with Gasteiger partial charge in [0.2, 0.25) is 0 Å². The Morgan fingerprint density at radius 1 is 0.889 bits per heavy atom. The van der Waals surface area contributed by atoms with Crippen LogP contribution in [-0.2, 0) is 11.2 Å². The zero-order valence-corrected chi connectivity index (χ0v) is 20.2. The fourth-order valence-electron chi connectivity index (χ4n) is 3.83. The van der Waals surface area contributed by atoms with Crippen LogP contribution in [-0.4, -0.2) is 17.7 Å². The highest BCUT2D eigenvalue weighted by atomic mass is 32.2. The van der Waals surface area contributed by atoms with E-state index in [1.165, 1.54) is 0 Å². The summed E-state index contributed by atoms with van der Waals surface area (Å²) in [5.41, 5.74) is 3.84. The normalized spacial score (nSPS) is 11.8. The molecule has 1 unspecified atom stereocenters. The number of hydrogen-bond donors (Lipinski definition) is 1. The highest BCUT2D eigenvalue weighted by molar-refractivity contribution is 7.99. The fraction of sp³-hybridized carbons (Fsp3) is 0.138. The largest absolute Gasteiger partial charge is 0.482 e. The number of ether oxygens (including phenoxy) is 1. The van der Waals surface area contributed by atoms with E-state index < -0.39 is 30.0 Å². The summed E-state index contributed by atoms with van der Waals surface area (Å²) in [5.74, 6) is -4.45. The third-order valence-electron chi connectivity index (χ3n) is 5.64. The van der Waals surface area contributed by atoms with E-state index in [0.717, 1.165) is 40.1 Å². The molecule has 0 aliphatic rings. The molecule has 7 heteroatoms. The summed E-state index contributed by atoms with van der Waals surface area (Å²) in [6, 6.07) is 25.0. The molecular weight excluding hydrogens is 485 g/mol. The van der Waals surface area contributed by atoms with E-state index in [1.54, 1.807) is 30.0 Å². The van der Waals surface area contributed by atoms with E-state index in [4.69, 9.17) is 9.84 Å². The maximum absolute atomic E-state index is 13.7. The minimum Gasteiger partial charge on any atom is -0.482 e. The Kier molecular flexibility index (Phi) is 8.00. The Morgan fingerprint density at radius 3 is 2.17 bits per heavy atom. The van der Waals surface area contributed by atoms with Gasteiger partial charge in [0.25, 0.3) is 0 Å². The number of benzene rings is 4. The number of carbonyl (C=O) groups is 1. The molecular formula is C29H23F3O3S. The van der Waals surface area contributed by atoms with Gasteiger partial charge in [0.05, 0.1) is 0 Å². The zero-order valence-electron chi connectivity index (χ0n) is 19.4. The van der Waals surface area contributed by atoms with Crippen LogP contribution in [0.25, 0.3) is 11.1 Å². The molecule has 0 aliphatic carbocycles. The van der Waals surface area contributed by atoms with Crippen LogP contribution < -0.4 is 4.74 Å². The maximum Gasteiger partial charge on any atom is 0.341 e. The quantitative estimate of drug-likeness (QED) is 0.187. The fourth-order valence-corrected chi connectivity index (χ4v) is 5.12. The van der Waals surface area contributed by atoms with Crippen molar-refractivity contribution < 1.29 is 27.8 Å². The second-order valence-electron chi connectivity index (χ2n) is 8.28. The first-order chi connectivity index (χ1) is 17.3. The number of carboxylic acids is 1. The molecule has 0 fully saturated rings. The van der Waals surface area contributed by atoms with Crippen molar-refractivity contribution in [3.05, 3.63) is 119 Å². The molecule has 0 aliphatic heterocycles. The van der Waals surface area contributed by atoms with Gasteiger partial charge in [-0.3, -0.25) is 0 Å². The summed E-state index contributed by atoms with van der Waals surface area (Å²) in [4.78, 5) is 11.8. The number of rotatable bonds is 9. The number of aliphatic carboxylic acids is 1. The molecule has 0 aromatic heterocycles. The van der Waals surface area contributed by atoms with E-state index in [2.05, 4.69) is 12.1 Å². The lowest BCUT2D eigenvalue weighted by molar-refractivity contribution is -0.139. The Labute approximate surface area is 211 Å². The second kappa shape index (κ2) is 11.4. The molecule has 0 bridgehead atoms. The SMILES string of the molecule is Cc1cc(SC(Cc2ccccc2)c2ccc(-c3cc(F)c(F)c(F)c3)cc2)ccc1OCC(=O)O. The van der Waals surface area contributed by atoms with Gasteiger partial charge >= 0.3 is 5.97 Å². The van der Waals surface area contributed by atoms with Crippen molar-refractivity contribution in [3.8, 4) is 16.9 Å². The molecule has 0 amide bonds. The lowest BCUT2D eigenvalue weighted by Gasteiger charge is -2.19. The molecule has 0 heterocycles. The van der Waals surface area contributed by atoms with Crippen LogP contribution >= 0.6 is 11.8 Å². The Morgan fingerprint density at radius 2 is 1.56 bits per heavy atom. The molecule has 0 radical (unpaired) electrons. The third-order valence-corrected chi connectivity index (χ3v) is 6.89. The molecule has 1 N–H and O–H groups in total. The van der Waals surface area contributed by atoms with E-state index in [1.807, 2.05) is 49.4 Å². The van der Waals surface area contributed by atoms with Crippen molar-refractivity contribution in [2.75, 3.05) is 6.61 Å². The number of carboxylic acid groups (broad SMARTS) is 1. The van der Waals surface area contributed by atoms with Crippen LogP contribution in [0.4, 0.5) is 13.2 Å². The lowest BCUT2D eigenvalue weighted by Crippen LogP contribution is -2.10. The summed E-state index contributed by atoms with van der Waals surface area (Å²) in [5, 5.41) is 8.88. The Hall–Kier alpha value is -3.71. The van der Waals surface area contributed by atoms with Gasteiger partial charge < -0.3 is 9.84 Å². The molecule has 184 valence electrons. The second-order valence-corrected chi connectivity index (χ2v) is 9.56. The highest BCUT2D eigenvalue weighted by Crippen LogP contribution is 2.40. The summed E-state index contributed by atoms with van der Waals surface area (Å²) in [7, 11) is 0. The lowest BCUT2D eigenvalue weighted by atomic mass is 9.99. The summed E-state index contributed by atoms with van der Waals surface area (Å²) in [6.07, 6.45) is 0.737. The first-order valence-corrected chi connectivity index (χ1v) is 12.1. The molecule has 0 spiro atoms. The smallest absolute Gasteiger partial charge is 0.341 e. The number of thioether (sulfide) groups is 1.